The zero-order valence-electron chi connectivity index (χ0n) is 11.9. The summed E-state index contributed by atoms with van der Waals surface area (Å²) in [5.74, 6) is 2.00. The topological polar surface area (TPSA) is 0 Å². The van der Waals surface area contributed by atoms with Gasteiger partial charge >= 0.3 is 0 Å². The van der Waals surface area contributed by atoms with Crippen molar-refractivity contribution in [3.8, 4) is 0 Å². The van der Waals surface area contributed by atoms with Gasteiger partial charge in [-0.15, -0.1) is 0 Å². The molecule has 17 heavy (non-hydrogen) atoms. The summed E-state index contributed by atoms with van der Waals surface area (Å²) in [6, 6.07) is 0. The molecule has 99 valence electrons. The number of hydrogen-bond donors (Lipinski definition) is 0. The highest BCUT2D eigenvalue weighted by Crippen LogP contribution is 2.52. The van der Waals surface area contributed by atoms with Gasteiger partial charge in [-0.05, 0) is 43.4 Å². The lowest BCUT2D eigenvalue weighted by atomic mass is 9.60. The maximum atomic E-state index is 2.33. The molecule has 0 heterocycles. The molecule has 0 spiro atoms. The number of hydrogen-bond acceptors (Lipinski definition) is 0. The van der Waals surface area contributed by atoms with Crippen molar-refractivity contribution >= 4 is 0 Å². The highest BCUT2D eigenvalue weighted by molar-refractivity contribution is 5.09. The predicted molar refractivity (Wildman–Crippen MR) is 76.0 cm³/mol. The van der Waals surface area contributed by atoms with E-state index in [0.717, 1.165) is 0 Å². The Morgan fingerprint density at radius 2 is 1.47 bits per heavy atom. The molecule has 2 rings (SSSR count). The van der Waals surface area contributed by atoms with Crippen LogP contribution in [0.1, 0.15) is 96.8 Å². The third-order valence-electron chi connectivity index (χ3n) is 5.28. The van der Waals surface area contributed by atoms with Crippen LogP contribution in [0.15, 0.2) is 0 Å². The van der Waals surface area contributed by atoms with Gasteiger partial charge in [-0.3, -0.25) is 0 Å². The Hall–Kier alpha value is 0. The lowest BCUT2D eigenvalue weighted by molar-refractivity contribution is 0.157. The minimum absolute atomic E-state index is 0.716. The monoisotopic (exact) mass is 235 g/mol. The van der Waals surface area contributed by atoms with Crippen LogP contribution in [-0.4, -0.2) is 0 Å². The van der Waals surface area contributed by atoms with Gasteiger partial charge in [0.15, 0.2) is 0 Å². The maximum Gasteiger partial charge on any atom is -0.0179 e. The molecule has 2 fully saturated rings. The first-order valence-corrected chi connectivity index (χ1v) is 8.22. The van der Waals surface area contributed by atoms with Crippen molar-refractivity contribution in [1.82, 2.24) is 0 Å². The summed E-state index contributed by atoms with van der Waals surface area (Å²) in [5.41, 5.74) is 0.716. The summed E-state index contributed by atoms with van der Waals surface area (Å²) in [7, 11) is 0. The smallest absolute Gasteiger partial charge is 0.0179 e. The van der Waals surface area contributed by atoms with Crippen molar-refractivity contribution in [1.29, 1.82) is 0 Å². The average Bonchev–Trinajstić information content (AvgIpc) is 2.41. The molecule has 0 aromatic carbocycles. The number of rotatable bonds is 5. The molecular formula is C17H31. The first kappa shape index (κ1) is 13.4. The van der Waals surface area contributed by atoms with E-state index in [9.17, 15) is 0 Å². The van der Waals surface area contributed by atoms with Gasteiger partial charge in [0.05, 0.1) is 0 Å². The van der Waals surface area contributed by atoms with Crippen LogP contribution in [-0.2, 0) is 0 Å². The fourth-order valence-corrected chi connectivity index (χ4v) is 4.23. The van der Waals surface area contributed by atoms with Crippen molar-refractivity contribution in [3.05, 3.63) is 5.92 Å². The van der Waals surface area contributed by atoms with Crippen LogP contribution in [0.5, 0.6) is 0 Å². The second-order valence-corrected chi connectivity index (χ2v) is 6.46. The molecule has 0 nitrogen and oxygen atoms in total. The zero-order valence-corrected chi connectivity index (χ0v) is 11.9. The Bertz CT molecular complexity index is 194. The van der Waals surface area contributed by atoms with Crippen molar-refractivity contribution < 1.29 is 0 Å². The molecular weight excluding hydrogens is 204 g/mol. The Morgan fingerprint density at radius 3 is 2.12 bits per heavy atom. The summed E-state index contributed by atoms with van der Waals surface area (Å²) in [4.78, 5) is 0. The van der Waals surface area contributed by atoms with Crippen LogP contribution >= 0.6 is 0 Å². The molecule has 0 aromatic rings. The molecule has 0 bridgehead atoms. The van der Waals surface area contributed by atoms with Crippen molar-refractivity contribution in [2.75, 3.05) is 0 Å². The van der Waals surface area contributed by atoms with Crippen molar-refractivity contribution in [2.45, 2.75) is 96.8 Å². The average molecular weight is 235 g/mol. The molecule has 0 unspecified atom stereocenters. The van der Waals surface area contributed by atoms with E-state index in [2.05, 4.69) is 6.92 Å². The van der Waals surface area contributed by atoms with E-state index in [4.69, 9.17) is 0 Å². The quantitative estimate of drug-likeness (QED) is 0.508. The summed E-state index contributed by atoms with van der Waals surface area (Å²) >= 11 is 0. The molecule has 0 aliphatic heterocycles. The molecule has 1 radical (unpaired) electrons. The summed E-state index contributed by atoms with van der Waals surface area (Å²) in [5, 5.41) is 0. The second kappa shape index (κ2) is 6.81. The molecule has 0 atom stereocenters. The molecule has 0 saturated heterocycles. The Kier molecular flexibility index (Phi) is 5.38. The van der Waals surface area contributed by atoms with Crippen molar-refractivity contribution in [2.24, 2.45) is 5.41 Å². The zero-order chi connectivity index (χ0) is 12.0. The fraction of sp³-hybridized carbons (Fsp3) is 0.941. The lowest BCUT2D eigenvalue weighted by Gasteiger charge is -2.45. The van der Waals surface area contributed by atoms with Gasteiger partial charge in [-0.25, -0.2) is 0 Å². The van der Waals surface area contributed by atoms with Crippen LogP contribution in [0.25, 0.3) is 0 Å². The third kappa shape index (κ3) is 3.48. The first-order chi connectivity index (χ1) is 8.37. The predicted octanol–water partition coefficient (Wildman–Crippen LogP) is 6.06. The SMILES string of the molecule is CCCCCC1([C]2CCCCC2)CCCCC1. The van der Waals surface area contributed by atoms with Crippen LogP contribution < -0.4 is 0 Å². The minimum Gasteiger partial charge on any atom is -0.0654 e. The largest absolute Gasteiger partial charge is 0.0654 e. The molecule has 2 saturated carbocycles. The molecule has 0 amide bonds. The Labute approximate surface area is 109 Å². The van der Waals surface area contributed by atoms with Gasteiger partial charge in [0.1, 0.15) is 0 Å². The fourth-order valence-electron chi connectivity index (χ4n) is 4.23. The second-order valence-electron chi connectivity index (χ2n) is 6.46. The summed E-state index contributed by atoms with van der Waals surface area (Å²) in [6.45, 7) is 2.33. The van der Waals surface area contributed by atoms with Gasteiger partial charge in [0.2, 0.25) is 0 Å². The standard InChI is InChI=1S/C17H31/c1-2-3-8-13-17(14-9-5-10-15-17)16-11-6-4-7-12-16/h2-15H2,1H3. The third-order valence-corrected chi connectivity index (χ3v) is 5.28. The first-order valence-electron chi connectivity index (χ1n) is 8.22. The van der Waals surface area contributed by atoms with Gasteiger partial charge in [0.25, 0.3) is 0 Å². The molecule has 2 aliphatic carbocycles. The van der Waals surface area contributed by atoms with Crippen molar-refractivity contribution in [3.63, 3.8) is 0 Å². The number of unbranched alkanes of at least 4 members (excludes halogenated alkanes) is 2. The Balaban J connectivity index is 1.94. The van der Waals surface area contributed by atoms with E-state index in [1.807, 2.05) is 5.92 Å². The van der Waals surface area contributed by atoms with E-state index >= 15 is 0 Å². The maximum absolute atomic E-state index is 2.33. The van der Waals surface area contributed by atoms with Gasteiger partial charge in [-0.2, -0.15) is 0 Å². The van der Waals surface area contributed by atoms with Gasteiger partial charge in [-0.1, -0.05) is 64.7 Å². The molecule has 0 N–H and O–H groups in total. The van der Waals surface area contributed by atoms with E-state index in [1.165, 1.54) is 89.9 Å². The highest BCUT2D eigenvalue weighted by Gasteiger charge is 2.39. The molecule has 0 heteroatoms. The van der Waals surface area contributed by atoms with Crippen LogP contribution in [0.4, 0.5) is 0 Å². The summed E-state index contributed by atoms with van der Waals surface area (Å²) in [6.07, 6.45) is 20.9. The highest BCUT2D eigenvalue weighted by atomic mass is 14.4. The Morgan fingerprint density at radius 1 is 0.824 bits per heavy atom. The van der Waals surface area contributed by atoms with Crippen LogP contribution in [0.2, 0.25) is 0 Å². The minimum atomic E-state index is 0.716. The van der Waals surface area contributed by atoms with E-state index in [0.29, 0.717) is 5.41 Å². The normalized spacial score (nSPS) is 25.9. The van der Waals surface area contributed by atoms with E-state index < -0.39 is 0 Å². The van der Waals surface area contributed by atoms with Gasteiger partial charge in [0, 0.05) is 0 Å². The summed E-state index contributed by atoms with van der Waals surface area (Å²) < 4.78 is 0. The van der Waals surface area contributed by atoms with E-state index in [-0.39, 0.29) is 0 Å². The van der Waals surface area contributed by atoms with Crippen LogP contribution in [0, 0.1) is 11.3 Å². The van der Waals surface area contributed by atoms with E-state index in [1.54, 1.807) is 0 Å². The van der Waals surface area contributed by atoms with Crippen LogP contribution in [0.3, 0.4) is 0 Å². The molecule has 2 aliphatic rings. The lowest BCUT2D eigenvalue weighted by Crippen LogP contribution is -2.33. The van der Waals surface area contributed by atoms with Gasteiger partial charge < -0.3 is 0 Å². The molecule has 0 aromatic heterocycles.